The van der Waals surface area contributed by atoms with Crippen molar-refractivity contribution in [2.24, 2.45) is 4.99 Å². The number of hydrogen-bond donors (Lipinski definition) is 1. The van der Waals surface area contributed by atoms with E-state index in [1.807, 2.05) is 11.3 Å². The Kier molecular flexibility index (Phi) is 6.37. The van der Waals surface area contributed by atoms with Crippen LogP contribution in [-0.2, 0) is 6.42 Å². The Bertz CT molecular complexity index is 3090. The van der Waals surface area contributed by atoms with Gasteiger partial charge in [-0.1, -0.05) is 140 Å². The summed E-state index contributed by atoms with van der Waals surface area (Å²) >= 11 is 1.85. The van der Waals surface area contributed by atoms with Gasteiger partial charge in [-0.2, -0.15) is 0 Å². The van der Waals surface area contributed by atoms with E-state index in [1.54, 1.807) is 0 Å². The Morgan fingerprint density at radius 2 is 1.17 bits per heavy atom. The van der Waals surface area contributed by atoms with E-state index in [9.17, 15) is 0 Å². The average Bonchev–Trinajstić information content (AvgIpc) is 3.92. The molecule has 12 rings (SSSR count). The van der Waals surface area contributed by atoms with Gasteiger partial charge in [-0.3, -0.25) is 4.99 Å². The van der Waals surface area contributed by atoms with Crippen LogP contribution in [0, 0.1) is 0 Å². The second-order valence-electron chi connectivity index (χ2n) is 14.7. The van der Waals surface area contributed by atoms with Gasteiger partial charge in [-0.15, -0.1) is 11.3 Å². The zero-order valence-corrected chi connectivity index (χ0v) is 30.1. The van der Waals surface area contributed by atoms with Crippen LogP contribution in [0.15, 0.2) is 175 Å². The Balaban J connectivity index is 1.01. The molecule has 3 aliphatic rings. The topological polar surface area (TPSA) is 24.4 Å². The number of aliphatic imine (C=N–C) groups is 1. The molecule has 252 valence electrons. The van der Waals surface area contributed by atoms with Crippen molar-refractivity contribution in [3.63, 3.8) is 0 Å². The van der Waals surface area contributed by atoms with Crippen LogP contribution in [0.2, 0.25) is 0 Å². The normalized spacial score (nSPS) is 15.1. The molecule has 1 aliphatic heterocycles. The van der Waals surface area contributed by atoms with Crippen LogP contribution in [0.3, 0.4) is 0 Å². The minimum Gasteiger partial charge on any atom is -0.360 e. The van der Waals surface area contributed by atoms with Crippen molar-refractivity contribution in [1.29, 1.82) is 0 Å². The maximum absolute atomic E-state index is 5.46. The van der Waals surface area contributed by atoms with Gasteiger partial charge in [0.25, 0.3) is 0 Å². The summed E-state index contributed by atoms with van der Waals surface area (Å²) in [5.74, 6) is 0. The third-order valence-electron chi connectivity index (χ3n) is 11.7. The van der Waals surface area contributed by atoms with Gasteiger partial charge in [0, 0.05) is 31.4 Å². The highest BCUT2D eigenvalue weighted by Gasteiger charge is 2.29. The molecule has 0 bridgehead atoms. The van der Waals surface area contributed by atoms with Crippen LogP contribution < -0.4 is 5.32 Å². The van der Waals surface area contributed by atoms with Crippen molar-refractivity contribution in [2.75, 3.05) is 0 Å². The van der Waals surface area contributed by atoms with E-state index in [0.29, 0.717) is 0 Å². The molecule has 0 fully saturated rings. The SMILES string of the molecule is C1=C(c2ccc3c(c2)-c2cc4c5c(cccc5c2C3)-c2ccccc2-4)NC(c2ccc(-c3ccccc3)cc2)N=C1c1cccc2sc3ccccc3c12. The molecule has 0 saturated heterocycles. The van der Waals surface area contributed by atoms with E-state index in [-0.39, 0.29) is 6.17 Å². The van der Waals surface area contributed by atoms with Crippen LogP contribution in [0.25, 0.3) is 81.1 Å². The summed E-state index contributed by atoms with van der Waals surface area (Å²) in [5, 5.41) is 9.24. The van der Waals surface area contributed by atoms with Crippen molar-refractivity contribution in [1.82, 2.24) is 5.32 Å². The number of benzene rings is 8. The van der Waals surface area contributed by atoms with Gasteiger partial charge in [0.15, 0.2) is 0 Å². The van der Waals surface area contributed by atoms with E-state index >= 15 is 0 Å². The van der Waals surface area contributed by atoms with Crippen molar-refractivity contribution in [3.05, 3.63) is 198 Å². The summed E-state index contributed by atoms with van der Waals surface area (Å²) in [6.45, 7) is 0. The van der Waals surface area contributed by atoms with Crippen LogP contribution in [0.5, 0.6) is 0 Å². The molecule has 0 radical (unpaired) electrons. The zero-order valence-electron chi connectivity index (χ0n) is 29.3. The quantitative estimate of drug-likeness (QED) is 0.194. The van der Waals surface area contributed by atoms with E-state index in [2.05, 4.69) is 175 Å². The predicted octanol–water partition coefficient (Wildman–Crippen LogP) is 13.2. The van der Waals surface area contributed by atoms with Crippen molar-refractivity contribution < 1.29 is 0 Å². The molecule has 3 heteroatoms. The average molecular weight is 705 g/mol. The fourth-order valence-electron chi connectivity index (χ4n) is 9.19. The molecule has 0 saturated carbocycles. The molecule has 54 heavy (non-hydrogen) atoms. The van der Waals surface area contributed by atoms with Crippen molar-refractivity contribution in [3.8, 4) is 44.5 Å². The number of nitrogens with one attached hydrogen (secondary N) is 1. The number of allylic oxidation sites excluding steroid dienone is 1. The van der Waals surface area contributed by atoms with Gasteiger partial charge in [0.05, 0.1) is 5.71 Å². The lowest BCUT2D eigenvalue weighted by Gasteiger charge is -2.25. The molecule has 8 aromatic carbocycles. The third-order valence-corrected chi connectivity index (χ3v) is 12.8. The second-order valence-corrected chi connectivity index (χ2v) is 15.7. The van der Waals surface area contributed by atoms with Gasteiger partial charge in [0.1, 0.15) is 6.17 Å². The molecular formula is C51H32N2S. The number of nitrogens with zero attached hydrogens (tertiary/aromatic N) is 1. The van der Waals surface area contributed by atoms with E-state index in [4.69, 9.17) is 4.99 Å². The number of hydrogen-bond acceptors (Lipinski definition) is 3. The first-order chi connectivity index (χ1) is 26.7. The highest BCUT2D eigenvalue weighted by Crippen LogP contribution is 2.52. The highest BCUT2D eigenvalue weighted by atomic mass is 32.1. The molecule has 9 aromatic rings. The Labute approximate surface area is 317 Å². The molecule has 2 heterocycles. The van der Waals surface area contributed by atoms with Crippen molar-refractivity contribution >= 4 is 53.7 Å². The Morgan fingerprint density at radius 1 is 0.481 bits per heavy atom. The molecule has 0 spiro atoms. The van der Waals surface area contributed by atoms with Crippen LogP contribution in [-0.4, -0.2) is 5.71 Å². The van der Waals surface area contributed by atoms with Crippen molar-refractivity contribution in [2.45, 2.75) is 12.6 Å². The molecule has 1 N–H and O–H groups in total. The Morgan fingerprint density at radius 3 is 2.06 bits per heavy atom. The maximum atomic E-state index is 5.46. The summed E-state index contributed by atoms with van der Waals surface area (Å²) in [5.41, 5.74) is 18.9. The molecule has 0 amide bonds. The van der Waals surface area contributed by atoms with E-state index in [0.717, 1.165) is 23.4 Å². The fourth-order valence-corrected chi connectivity index (χ4v) is 10.3. The maximum Gasteiger partial charge on any atom is 0.145 e. The van der Waals surface area contributed by atoms with Crippen LogP contribution >= 0.6 is 11.3 Å². The second kappa shape index (κ2) is 11.5. The predicted molar refractivity (Wildman–Crippen MR) is 228 cm³/mol. The first-order valence-electron chi connectivity index (χ1n) is 18.7. The molecule has 1 atom stereocenters. The summed E-state index contributed by atoms with van der Waals surface area (Å²) in [6, 6.07) is 60.2. The van der Waals surface area contributed by atoms with Gasteiger partial charge < -0.3 is 5.32 Å². The van der Waals surface area contributed by atoms with E-state index < -0.39 is 0 Å². The van der Waals surface area contributed by atoms with E-state index in [1.165, 1.54) is 97.7 Å². The Hall–Kier alpha value is -6.55. The number of thiophene rings is 1. The molecule has 2 nitrogen and oxygen atoms in total. The number of rotatable bonds is 4. The monoisotopic (exact) mass is 704 g/mol. The molecular weight excluding hydrogens is 673 g/mol. The number of fused-ring (bicyclic) bond motifs is 10. The molecule has 1 aromatic heterocycles. The first-order valence-corrected chi connectivity index (χ1v) is 19.5. The minimum absolute atomic E-state index is 0.245. The minimum atomic E-state index is -0.245. The molecule has 2 aliphatic carbocycles. The highest BCUT2D eigenvalue weighted by molar-refractivity contribution is 7.25. The standard InChI is InChI=1S/C51H32N2S/c1-2-10-30(11-3-1)31-20-22-32(23-21-31)51-52-45(29-46(53-51)39-17-9-19-48-50(39)40-14-6-7-18-47(40)54-48)34-25-24-33-26-42-38-16-8-15-37-35-12-4-5-13-36(35)44(49(37)38)28-43(42)41(33)27-34/h1-25,27-29,51-52H,26H2. The lowest BCUT2D eigenvalue weighted by Crippen LogP contribution is -2.25. The van der Waals surface area contributed by atoms with Gasteiger partial charge >= 0.3 is 0 Å². The summed E-state index contributed by atoms with van der Waals surface area (Å²) < 4.78 is 2.59. The summed E-state index contributed by atoms with van der Waals surface area (Å²) in [4.78, 5) is 5.46. The zero-order chi connectivity index (χ0) is 35.3. The lowest BCUT2D eigenvalue weighted by atomic mass is 9.93. The first kappa shape index (κ1) is 30.0. The smallest absolute Gasteiger partial charge is 0.145 e. The largest absolute Gasteiger partial charge is 0.360 e. The van der Waals surface area contributed by atoms with Crippen LogP contribution in [0.4, 0.5) is 0 Å². The third kappa shape index (κ3) is 4.43. The summed E-state index contributed by atoms with van der Waals surface area (Å²) in [6.07, 6.45) is 2.98. The fraction of sp³-hybridized carbons (Fsp3) is 0.0392. The molecule has 1 unspecified atom stereocenters. The van der Waals surface area contributed by atoms with Gasteiger partial charge in [0.2, 0.25) is 0 Å². The van der Waals surface area contributed by atoms with Crippen LogP contribution in [0.1, 0.15) is 34.0 Å². The lowest BCUT2D eigenvalue weighted by molar-refractivity contribution is 0.664. The summed E-state index contributed by atoms with van der Waals surface area (Å²) in [7, 11) is 0. The van der Waals surface area contributed by atoms with Gasteiger partial charge in [-0.05, 0) is 114 Å². The van der Waals surface area contributed by atoms with Gasteiger partial charge in [-0.25, -0.2) is 0 Å².